The molecule has 0 aliphatic carbocycles. The van der Waals surface area contributed by atoms with Crippen LogP contribution in [0.15, 0.2) is 41.6 Å². The minimum absolute atomic E-state index is 0.0671. The predicted octanol–water partition coefficient (Wildman–Crippen LogP) is 5.27. The number of rotatable bonds is 6. The van der Waals surface area contributed by atoms with Gasteiger partial charge in [-0.25, -0.2) is 0 Å². The third-order valence-corrected chi connectivity index (χ3v) is 5.83. The Bertz CT molecular complexity index is 1020. The number of halogens is 1. The van der Waals surface area contributed by atoms with Crippen LogP contribution in [0, 0.1) is 20.8 Å². The van der Waals surface area contributed by atoms with Gasteiger partial charge in [-0.1, -0.05) is 53.2 Å². The number of hydrogen-bond donors (Lipinski definition) is 1. The van der Waals surface area contributed by atoms with Crippen LogP contribution < -0.4 is 5.32 Å². The van der Waals surface area contributed by atoms with Crippen molar-refractivity contribution in [2.45, 2.75) is 39.4 Å². The highest BCUT2D eigenvalue weighted by atomic mass is 35.5. The van der Waals surface area contributed by atoms with Crippen LogP contribution in [0.2, 0.25) is 5.02 Å². The Balaban J connectivity index is 1.71. The van der Waals surface area contributed by atoms with E-state index in [4.69, 9.17) is 11.6 Å². The molecule has 1 N–H and O–H groups in total. The molecule has 0 atom stereocenters. The van der Waals surface area contributed by atoms with Crippen molar-refractivity contribution in [3.8, 4) is 11.4 Å². The van der Waals surface area contributed by atoms with Crippen molar-refractivity contribution in [2.75, 3.05) is 11.1 Å². The van der Waals surface area contributed by atoms with Crippen LogP contribution in [0.1, 0.15) is 23.6 Å². The molecule has 5 nitrogen and oxygen atoms in total. The van der Waals surface area contributed by atoms with Gasteiger partial charge in [0.15, 0.2) is 11.0 Å². The van der Waals surface area contributed by atoms with Crippen molar-refractivity contribution < 1.29 is 4.79 Å². The summed E-state index contributed by atoms with van der Waals surface area (Å²) in [5.74, 6) is 0.948. The van der Waals surface area contributed by atoms with Gasteiger partial charge in [-0.2, -0.15) is 0 Å². The zero-order valence-electron chi connectivity index (χ0n) is 16.4. The third kappa shape index (κ3) is 4.56. The van der Waals surface area contributed by atoms with Gasteiger partial charge in [-0.3, -0.25) is 4.79 Å². The average molecular weight is 415 g/mol. The smallest absolute Gasteiger partial charge is 0.234 e. The van der Waals surface area contributed by atoms with Gasteiger partial charge in [0.2, 0.25) is 5.91 Å². The lowest BCUT2D eigenvalue weighted by Gasteiger charge is -2.10. The number of aryl methyl sites for hydroxylation is 3. The van der Waals surface area contributed by atoms with Gasteiger partial charge in [0.05, 0.1) is 5.75 Å². The molecule has 0 saturated carbocycles. The van der Waals surface area contributed by atoms with E-state index in [1.165, 1.54) is 17.3 Å². The monoisotopic (exact) mass is 414 g/mol. The van der Waals surface area contributed by atoms with Crippen molar-refractivity contribution in [1.82, 2.24) is 14.8 Å². The number of amides is 1. The van der Waals surface area contributed by atoms with Gasteiger partial charge < -0.3 is 9.88 Å². The Morgan fingerprint density at radius 3 is 2.57 bits per heavy atom. The molecule has 146 valence electrons. The fraction of sp³-hybridized carbons (Fsp3) is 0.286. The van der Waals surface area contributed by atoms with E-state index in [0.717, 1.165) is 28.2 Å². The molecule has 3 rings (SSSR count). The van der Waals surface area contributed by atoms with E-state index in [-0.39, 0.29) is 11.7 Å². The summed E-state index contributed by atoms with van der Waals surface area (Å²) in [4.78, 5) is 12.4. The molecule has 0 unspecified atom stereocenters. The Morgan fingerprint density at radius 2 is 1.89 bits per heavy atom. The van der Waals surface area contributed by atoms with Crippen molar-refractivity contribution in [1.29, 1.82) is 0 Å². The lowest BCUT2D eigenvalue weighted by atomic mass is 10.1. The summed E-state index contributed by atoms with van der Waals surface area (Å²) in [6.45, 7) is 8.72. The molecule has 0 fully saturated rings. The first-order chi connectivity index (χ1) is 13.4. The maximum atomic E-state index is 12.4. The fourth-order valence-electron chi connectivity index (χ4n) is 2.90. The minimum Gasteiger partial charge on any atom is -0.325 e. The van der Waals surface area contributed by atoms with E-state index in [1.54, 1.807) is 0 Å². The Labute approximate surface area is 174 Å². The summed E-state index contributed by atoms with van der Waals surface area (Å²) in [7, 11) is 0. The molecule has 3 aromatic rings. The van der Waals surface area contributed by atoms with Crippen molar-refractivity contribution >= 4 is 35.0 Å². The molecule has 0 aliphatic rings. The second-order valence-corrected chi connectivity index (χ2v) is 8.02. The summed E-state index contributed by atoms with van der Waals surface area (Å²) in [5, 5.41) is 13.0. The van der Waals surface area contributed by atoms with E-state index in [9.17, 15) is 4.79 Å². The Hall–Kier alpha value is -2.31. The second kappa shape index (κ2) is 8.80. The summed E-state index contributed by atoms with van der Waals surface area (Å²) in [5.41, 5.74) is 4.99. The SMILES string of the molecule is CCn1c(SCC(=O)Nc2ccc(C)cc2C)nnc1-c1ccc(C)c(Cl)c1. The number of nitrogens with zero attached hydrogens (tertiary/aromatic N) is 3. The highest BCUT2D eigenvalue weighted by Gasteiger charge is 2.15. The molecule has 1 heterocycles. The Morgan fingerprint density at radius 1 is 1.11 bits per heavy atom. The van der Waals surface area contributed by atoms with Crippen LogP contribution in [0.5, 0.6) is 0 Å². The van der Waals surface area contributed by atoms with Crippen LogP contribution in [0.3, 0.4) is 0 Å². The lowest BCUT2D eigenvalue weighted by Crippen LogP contribution is -2.15. The van der Waals surface area contributed by atoms with Crippen molar-refractivity contribution in [3.63, 3.8) is 0 Å². The Kier molecular flexibility index (Phi) is 6.42. The number of aromatic nitrogens is 3. The second-order valence-electron chi connectivity index (χ2n) is 6.67. The van der Waals surface area contributed by atoms with Crippen molar-refractivity contribution in [2.24, 2.45) is 0 Å². The number of carbonyl (C=O) groups is 1. The molecule has 1 aromatic heterocycles. The third-order valence-electron chi connectivity index (χ3n) is 4.45. The largest absolute Gasteiger partial charge is 0.325 e. The van der Waals surface area contributed by atoms with Crippen LogP contribution >= 0.6 is 23.4 Å². The minimum atomic E-state index is -0.0671. The maximum Gasteiger partial charge on any atom is 0.234 e. The van der Waals surface area contributed by atoms with E-state index in [2.05, 4.69) is 21.6 Å². The zero-order valence-corrected chi connectivity index (χ0v) is 18.0. The molecule has 0 aliphatic heterocycles. The number of carbonyl (C=O) groups excluding carboxylic acids is 1. The van der Waals surface area contributed by atoms with Gasteiger partial charge in [0.25, 0.3) is 0 Å². The lowest BCUT2D eigenvalue weighted by molar-refractivity contribution is -0.113. The molecule has 7 heteroatoms. The maximum absolute atomic E-state index is 12.4. The molecular weight excluding hydrogens is 392 g/mol. The first-order valence-corrected chi connectivity index (χ1v) is 10.4. The number of anilines is 1. The van der Waals surface area contributed by atoms with Gasteiger partial charge in [0, 0.05) is 22.8 Å². The summed E-state index contributed by atoms with van der Waals surface area (Å²) >= 11 is 7.63. The van der Waals surface area contributed by atoms with Crippen LogP contribution in [0.4, 0.5) is 5.69 Å². The summed E-state index contributed by atoms with van der Waals surface area (Å²) < 4.78 is 2.00. The molecule has 2 aromatic carbocycles. The first kappa shape index (κ1) is 20.4. The van der Waals surface area contributed by atoms with Crippen LogP contribution in [-0.4, -0.2) is 26.4 Å². The highest BCUT2D eigenvalue weighted by molar-refractivity contribution is 7.99. The van der Waals surface area contributed by atoms with Gasteiger partial charge in [-0.15, -0.1) is 10.2 Å². The van der Waals surface area contributed by atoms with E-state index in [1.807, 2.05) is 62.6 Å². The highest BCUT2D eigenvalue weighted by Crippen LogP contribution is 2.27. The van der Waals surface area contributed by atoms with Crippen LogP contribution in [0.25, 0.3) is 11.4 Å². The molecular formula is C21H23ClN4OS. The molecule has 0 saturated heterocycles. The molecule has 0 radical (unpaired) electrons. The molecule has 1 amide bonds. The standard InChI is InChI=1S/C21H23ClN4OS/c1-5-26-20(16-8-7-14(3)17(22)11-16)24-25-21(26)28-12-19(27)23-18-9-6-13(2)10-15(18)4/h6-11H,5,12H2,1-4H3,(H,23,27). The van der Waals surface area contributed by atoms with E-state index in [0.29, 0.717) is 16.7 Å². The van der Waals surface area contributed by atoms with Gasteiger partial charge >= 0.3 is 0 Å². The number of nitrogens with one attached hydrogen (secondary N) is 1. The van der Waals surface area contributed by atoms with Crippen LogP contribution in [-0.2, 0) is 11.3 Å². The predicted molar refractivity (Wildman–Crippen MR) is 116 cm³/mol. The van der Waals surface area contributed by atoms with Gasteiger partial charge in [-0.05, 0) is 51.0 Å². The topological polar surface area (TPSA) is 59.8 Å². The van der Waals surface area contributed by atoms with E-state index < -0.39 is 0 Å². The zero-order chi connectivity index (χ0) is 20.3. The average Bonchev–Trinajstić information content (AvgIpc) is 3.07. The quantitative estimate of drug-likeness (QED) is 0.558. The van der Waals surface area contributed by atoms with E-state index >= 15 is 0 Å². The molecule has 0 bridgehead atoms. The normalized spacial score (nSPS) is 10.9. The number of benzene rings is 2. The fourth-order valence-corrected chi connectivity index (χ4v) is 3.88. The van der Waals surface area contributed by atoms with Gasteiger partial charge in [0.1, 0.15) is 0 Å². The first-order valence-electron chi connectivity index (χ1n) is 9.08. The number of thioether (sulfide) groups is 1. The summed E-state index contributed by atoms with van der Waals surface area (Å²) in [6.07, 6.45) is 0. The number of hydrogen-bond acceptors (Lipinski definition) is 4. The van der Waals surface area contributed by atoms with Crippen molar-refractivity contribution in [3.05, 3.63) is 58.1 Å². The molecule has 28 heavy (non-hydrogen) atoms. The summed E-state index contributed by atoms with van der Waals surface area (Å²) in [6, 6.07) is 11.8. The molecule has 0 spiro atoms.